The van der Waals surface area contributed by atoms with Crippen LogP contribution in [0.4, 0.5) is 0 Å². The molecule has 122 valence electrons. The molecule has 7 nitrogen and oxygen atoms in total. The Hall–Kier alpha value is -1.18. The van der Waals surface area contributed by atoms with E-state index in [-0.39, 0.29) is 37.4 Å². The third-order valence-corrected chi connectivity index (χ3v) is 3.32. The normalized spacial score (nSPS) is 21.2. The third kappa shape index (κ3) is 7.99. The molecule has 1 aliphatic heterocycles. The fourth-order valence-corrected chi connectivity index (χ4v) is 2.08. The van der Waals surface area contributed by atoms with Crippen molar-refractivity contribution < 1.29 is 35.3 Å². The predicted molar refractivity (Wildman–Crippen MR) is 73.8 cm³/mol. The SMILES string of the molecule is [NH3+]CCCC(=O)OC[C@H]1CC[C@@H](COC(=O)CCC[NH3+])O1. The lowest BCUT2D eigenvalue weighted by atomic mass is 10.2. The summed E-state index contributed by atoms with van der Waals surface area (Å²) in [5, 5.41) is 0. The fourth-order valence-electron chi connectivity index (χ4n) is 2.08. The Kier molecular flexibility index (Phi) is 8.96. The van der Waals surface area contributed by atoms with Crippen molar-refractivity contribution in [1.82, 2.24) is 0 Å². The van der Waals surface area contributed by atoms with E-state index in [2.05, 4.69) is 11.5 Å². The van der Waals surface area contributed by atoms with Crippen molar-refractivity contribution in [2.75, 3.05) is 26.3 Å². The summed E-state index contributed by atoms with van der Waals surface area (Å²) in [5.74, 6) is -0.407. The van der Waals surface area contributed by atoms with Gasteiger partial charge in [0.25, 0.3) is 0 Å². The van der Waals surface area contributed by atoms with Crippen LogP contribution < -0.4 is 11.5 Å². The summed E-state index contributed by atoms with van der Waals surface area (Å²) in [6, 6.07) is 0. The number of esters is 2. The maximum Gasteiger partial charge on any atom is 0.306 e. The molecule has 0 aromatic rings. The van der Waals surface area contributed by atoms with E-state index in [9.17, 15) is 9.59 Å². The van der Waals surface area contributed by atoms with Crippen molar-refractivity contribution in [2.24, 2.45) is 0 Å². The van der Waals surface area contributed by atoms with Crippen molar-refractivity contribution >= 4 is 11.9 Å². The molecule has 21 heavy (non-hydrogen) atoms. The first-order valence-corrected chi connectivity index (χ1v) is 7.71. The molecule has 0 aliphatic carbocycles. The second-order valence-electron chi connectivity index (χ2n) is 5.24. The number of ether oxygens (including phenoxy) is 3. The second kappa shape index (κ2) is 10.5. The van der Waals surface area contributed by atoms with Gasteiger partial charge in [0.1, 0.15) is 13.2 Å². The van der Waals surface area contributed by atoms with Gasteiger partial charge in [0.15, 0.2) is 0 Å². The standard InChI is InChI=1S/C14H26N2O5/c15-7-1-3-13(17)19-9-11-5-6-12(21-11)10-20-14(18)4-2-8-16/h11-12H,1-10,15-16H2/p+2/t11-,12+. The van der Waals surface area contributed by atoms with Gasteiger partial charge in [0, 0.05) is 12.8 Å². The largest absolute Gasteiger partial charge is 0.463 e. The molecule has 1 saturated heterocycles. The summed E-state index contributed by atoms with van der Waals surface area (Å²) in [7, 11) is 0. The number of carbonyl (C=O) groups is 2. The number of hydrogen-bond acceptors (Lipinski definition) is 5. The van der Waals surface area contributed by atoms with Crippen molar-refractivity contribution in [3.63, 3.8) is 0 Å². The van der Waals surface area contributed by atoms with E-state index in [1.807, 2.05) is 0 Å². The molecule has 0 aromatic carbocycles. The average Bonchev–Trinajstić information content (AvgIpc) is 2.94. The van der Waals surface area contributed by atoms with E-state index in [4.69, 9.17) is 14.2 Å². The van der Waals surface area contributed by atoms with E-state index in [0.29, 0.717) is 12.8 Å². The van der Waals surface area contributed by atoms with Crippen LogP contribution in [-0.2, 0) is 23.8 Å². The van der Waals surface area contributed by atoms with E-state index < -0.39 is 0 Å². The minimum Gasteiger partial charge on any atom is -0.463 e. The van der Waals surface area contributed by atoms with Gasteiger partial charge in [-0.25, -0.2) is 0 Å². The van der Waals surface area contributed by atoms with E-state index in [0.717, 1.165) is 38.8 Å². The summed E-state index contributed by atoms with van der Waals surface area (Å²) >= 11 is 0. The van der Waals surface area contributed by atoms with Gasteiger partial charge in [-0.2, -0.15) is 0 Å². The van der Waals surface area contributed by atoms with Gasteiger partial charge < -0.3 is 25.7 Å². The lowest BCUT2D eigenvalue weighted by Gasteiger charge is -2.14. The van der Waals surface area contributed by atoms with Crippen LogP contribution in [0.3, 0.4) is 0 Å². The molecule has 0 radical (unpaired) electrons. The Morgan fingerprint density at radius 1 is 0.905 bits per heavy atom. The Bertz CT molecular complexity index is 294. The topological polar surface area (TPSA) is 117 Å². The number of hydrogen-bond donors (Lipinski definition) is 2. The van der Waals surface area contributed by atoms with Gasteiger partial charge in [0.2, 0.25) is 0 Å². The first kappa shape index (κ1) is 17.9. The van der Waals surface area contributed by atoms with Crippen molar-refractivity contribution in [3.8, 4) is 0 Å². The van der Waals surface area contributed by atoms with Crippen LogP contribution in [0.25, 0.3) is 0 Å². The molecule has 1 heterocycles. The summed E-state index contributed by atoms with van der Waals surface area (Å²) in [4.78, 5) is 22.8. The third-order valence-electron chi connectivity index (χ3n) is 3.32. The molecule has 1 aliphatic rings. The monoisotopic (exact) mass is 304 g/mol. The van der Waals surface area contributed by atoms with Gasteiger partial charge in [-0.15, -0.1) is 0 Å². The molecule has 6 N–H and O–H groups in total. The Balaban J connectivity index is 2.09. The number of rotatable bonds is 10. The van der Waals surface area contributed by atoms with E-state index >= 15 is 0 Å². The fraction of sp³-hybridized carbons (Fsp3) is 0.857. The summed E-state index contributed by atoms with van der Waals surface area (Å²) in [6.45, 7) is 2.02. The summed E-state index contributed by atoms with van der Waals surface area (Å²) < 4.78 is 16.0. The van der Waals surface area contributed by atoms with Crippen LogP contribution in [0, 0.1) is 0 Å². The lowest BCUT2D eigenvalue weighted by molar-refractivity contribution is -0.368. The minimum absolute atomic E-state index is 0.0859. The smallest absolute Gasteiger partial charge is 0.306 e. The zero-order valence-electron chi connectivity index (χ0n) is 12.7. The highest BCUT2D eigenvalue weighted by atomic mass is 16.6. The lowest BCUT2D eigenvalue weighted by Crippen LogP contribution is -2.50. The molecule has 1 fully saturated rings. The first-order valence-electron chi connectivity index (χ1n) is 7.71. The highest BCUT2D eigenvalue weighted by Crippen LogP contribution is 2.20. The molecular formula is C14H28N2O5+2. The van der Waals surface area contributed by atoms with Crippen LogP contribution in [0.15, 0.2) is 0 Å². The molecule has 0 saturated carbocycles. The molecule has 2 atom stereocenters. The van der Waals surface area contributed by atoms with E-state index in [1.165, 1.54) is 0 Å². The Morgan fingerprint density at radius 3 is 1.71 bits per heavy atom. The minimum atomic E-state index is -0.203. The Morgan fingerprint density at radius 2 is 1.33 bits per heavy atom. The van der Waals surface area contributed by atoms with Gasteiger partial charge >= 0.3 is 11.9 Å². The number of carbonyl (C=O) groups excluding carboxylic acids is 2. The second-order valence-corrected chi connectivity index (χ2v) is 5.24. The van der Waals surface area contributed by atoms with E-state index in [1.54, 1.807) is 0 Å². The molecule has 0 bridgehead atoms. The highest BCUT2D eigenvalue weighted by Gasteiger charge is 2.27. The molecule has 0 unspecified atom stereocenters. The van der Waals surface area contributed by atoms with Crippen LogP contribution in [0.1, 0.15) is 38.5 Å². The molecule has 7 heteroatoms. The predicted octanol–water partition coefficient (Wildman–Crippen LogP) is -1.34. The maximum atomic E-state index is 11.4. The van der Waals surface area contributed by atoms with Crippen molar-refractivity contribution in [1.29, 1.82) is 0 Å². The van der Waals surface area contributed by atoms with Crippen LogP contribution in [-0.4, -0.2) is 50.4 Å². The quantitative estimate of drug-likeness (QED) is 0.485. The zero-order chi connectivity index (χ0) is 15.5. The zero-order valence-corrected chi connectivity index (χ0v) is 12.7. The molecule has 0 spiro atoms. The van der Waals surface area contributed by atoms with Crippen molar-refractivity contribution in [2.45, 2.75) is 50.7 Å². The van der Waals surface area contributed by atoms with Gasteiger partial charge in [-0.3, -0.25) is 9.59 Å². The average molecular weight is 304 g/mol. The van der Waals surface area contributed by atoms with Crippen LogP contribution >= 0.6 is 0 Å². The van der Waals surface area contributed by atoms with Crippen molar-refractivity contribution in [3.05, 3.63) is 0 Å². The first-order chi connectivity index (χ1) is 10.2. The number of quaternary nitrogens is 2. The van der Waals surface area contributed by atoms with Crippen LogP contribution in [0.2, 0.25) is 0 Å². The Labute approximate surface area is 125 Å². The molecule has 1 rings (SSSR count). The molecule has 0 amide bonds. The van der Waals surface area contributed by atoms with Gasteiger partial charge in [-0.1, -0.05) is 0 Å². The van der Waals surface area contributed by atoms with Crippen LogP contribution in [0.5, 0.6) is 0 Å². The van der Waals surface area contributed by atoms with Gasteiger partial charge in [0.05, 0.1) is 38.1 Å². The summed E-state index contributed by atoms with van der Waals surface area (Å²) in [6.07, 6.45) is 3.78. The molecule has 0 aromatic heterocycles. The van der Waals surface area contributed by atoms with Gasteiger partial charge in [-0.05, 0) is 12.8 Å². The maximum absolute atomic E-state index is 11.4. The summed E-state index contributed by atoms with van der Waals surface area (Å²) in [5.41, 5.74) is 7.36. The highest BCUT2D eigenvalue weighted by molar-refractivity contribution is 5.69. The molecular weight excluding hydrogens is 276 g/mol.